The van der Waals surface area contributed by atoms with Gasteiger partial charge in [-0.2, -0.15) is 0 Å². The van der Waals surface area contributed by atoms with Gasteiger partial charge in [-0.25, -0.2) is 0 Å². The molecule has 18 heavy (non-hydrogen) atoms. The molecule has 2 heteroatoms. The first-order chi connectivity index (χ1) is 8.63. The van der Waals surface area contributed by atoms with Gasteiger partial charge < -0.3 is 5.73 Å². The highest BCUT2D eigenvalue weighted by molar-refractivity contribution is 5.25. The minimum absolute atomic E-state index is 0.134. The zero-order chi connectivity index (χ0) is 12.7. The first-order valence-corrected chi connectivity index (χ1v) is 7.32. The molecule has 1 heterocycles. The van der Waals surface area contributed by atoms with Gasteiger partial charge in [-0.3, -0.25) is 4.98 Å². The first-order valence-electron chi connectivity index (χ1n) is 7.32. The zero-order valence-corrected chi connectivity index (χ0v) is 11.5. The number of hydrogen-bond acceptors (Lipinski definition) is 2. The SMILES string of the molecule is Cc1cnc(C(N)CC2CC3CCC2C3)c(C)c1. The molecule has 0 radical (unpaired) electrons. The van der Waals surface area contributed by atoms with Crippen molar-refractivity contribution < 1.29 is 0 Å². The Labute approximate surface area is 110 Å². The molecule has 0 saturated heterocycles. The smallest absolute Gasteiger partial charge is 0.0600 e. The van der Waals surface area contributed by atoms with E-state index in [1.54, 1.807) is 0 Å². The van der Waals surface area contributed by atoms with Gasteiger partial charge in [0.2, 0.25) is 0 Å². The number of nitrogens with two attached hydrogens (primary N) is 1. The second-order valence-corrected chi connectivity index (χ2v) is 6.49. The van der Waals surface area contributed by atoms with Crippen molar-refractivity contribution in [1.82, 2.24) is 4.98 Å². The van der Waals surface area contributed by atoms with Gasteiger partial charge in [0, 0.05) is 12.2 Å². The van der Waals surface area contributed by atoms with Crippen LogP contribution in [0.1, 0.15) is 55.0 Å². The standard InChI is InChI=1S/C16H24N2/c1-10-5-11(2)16(18-9-10)15(17)8-14-7-12-3-4-13(14)6-12/h5,9,12-15H,3-4,6-8,17H2,1-2H3. The molecule has 0 amide bonds. The molecular formula is C16H24N2. The summed E-state index contributed by atoms with van der Waals surface area (Å²) in [4.78, 5) is 4.56. The largest absolute Gasteiger partial charge is 0.323 e. The van der Waals surface area contributed by atoms with Crippen molar-refractivity contribution in [1.29, 1.82) is 0 Å². The molecule has 0 spiro atoms. The minimum atomic E-state index is 0.134. The van der Waals surface area contributed by atoms with Gasteiger partial charge in [0.1, 0.15) is 0 Å². The quantitative estimate of drug-likeness (QED) is 0.883. The number of rotatable bonds is 3. The second kappa shape index (κ2) is 4.65. The Balaban J connectivity index is 1.69. The monoisotopic (exact) mass is 244 g/mol. The Hall–Kier alpha value is -0.890. The molecule has 0 aromatic carbocycles. The van der Waals surface area contributed by atoms with E-state index in [1.165, 1.54) is 36.8 Å². The molecule has 98 valence electrons. The highest BCUT2D eigenvalue weighted by Gasteiger charge is 2.40. The normalized spacial score (nSPS) is 31.8. The average Bonchev–Trinajstić information content (AvgIpc) is 2.90. The van der Waals surface area contributed by atoms with E-state index in [2.05, 4.69) is 24.9 Å². The number of pyridine rings is 1. The van der Waals surface area contributed by atoms with Gasteiger partial charge >= 0.3 is 0 Å². The van der Waals surface area contributed by atoms with Gasteiger partial charge in [-0.15, -0.1) is 0 Å². The van der Waals surface area contributed by atoms with Crippen molar-refractivity contribution in [3.8, 4) is 0 Å². The lowest BCUT2D eigenvalue weighted by molar-refractivity contribution is 0.294. The van der Waals surface area contributed by atoms with Crippen molar-refractivity contribution in [3.05, 3.63) is 29.1 Å². The van der Waals surface area contributed by atoms with Gasteiger partial charge in [0.15, 0.2) is 0 Å². The molecule has 1 aromatic heterocycles. The molecule has 2 aliphatic rings. The molecule has 1 aromatic rings. The highest BCUT2D eigenvalue weighted by Crippen LogP contribution is 2.50. The Kier molecular flexibility index (Phi) is 3.14. The van der Waals surface area contributed by atoms with Crippen LogP contribution < -0.4 is 5.73 Å². The van der Waals surface area contributed by atoms with E-state index in [9.17, 15) is 0 Å². The maximum atomic E-state index is 6.39. The molecule has 2 bridgehead atoms. The summed E-state index contributed by atoms with van der Waals surface area (Å²) in [5, 5.41) is 0. The third-order valence-electron chi connectivity index (χ3n) is 5.05. The topological polar surface area (TPSA) is 38.9 Å². The van der Waals surface area contributed by atoms with Crippen molar-refractivity contribution in [2.75, 3.05) is 0 Å². The van der Waals surface area contributed by atoms with E-state index in [4.69, 9.17) is 5.73 Å². The van der Waals surface area contributed by atoms with Crippen LogP contribution in [0.2, 0.25) is 0 Å². The maximum absolute atomic E-state index is 6.39. The number of fused-ring (bicyclic) bond motifs is 2. The van der Waals surface area contributed by atoms with Crippen LogP contribution in [0.5, 0.6) is 0 Å². The minimum Gasteiger partial charge on any atom is -0.323 e. The Morgan fingerprint density at radius 3 is 2.78 bits per heavy atom. The summed E-state index contributed by atoms with van der Waals surface area (Å²) < 4.78 is 0. The molecule has 2 N–H and O–H groups in total. The van der Waals surface area contributed by atoms with Gasteiger partial charge in [0.05, 0.1) is 5.69 Å². The van der Waals surface area contributed by atoms with E-state index < -0.39 is 0 Å². The van der Waals surface area contributed by atoms with Crippen LogP contribution in [-0.4, -0.2) is 4.98 Å². The van der Waals surface area contributed by atoms with E-state index in [0.717, 1.165) is 29.9 Å². The molecule has 2 fully saturated rings. The fraction of sp³-hybridized carbons (Fsp3) is 0.688. The van der Waals surface area contributed by atoms with Crippen LogP contribution >= 0.6 is 0 Å². The Bertz CT molecular complexity index is 441. The number of hydrogen-bond donors (Lipinski definition) is 1. The summed E-state index contributed by atoms with van der Waals surface area (Å²) in [7, 11) is 0. The first kappa shape index (κ1) is 12.2. The Morgan fingerprint density at radius 2 is 2.17 bits per heavy atom. The average molecular weight is 244 g/mol. The van der Waals surface area contributed by atoms with Crippen molar-refractivity contribution >= 4 is 0 Å². The fourth-order valence-corrected chi connectivity index (χ4v) is 4.22. The fourth-order valence-electron chi connectivity index (χ4n) is 4.22. The van der Waals surface area contributed by atoms with E-state index in [0.29, 0.717) is 0 Å². The summed E-state index contributed by atoms with van der Waals surface area (Å²) in [6.45, 7) is 4.22. The van der Waals surface area contributed by atoms with Crippen LogP contribution in [0.25, 0.3) is 0 Å². The van der Waals surface area contributed by atoms with Crippen LogP contribution in [0.15, 0.2) is 12.3 Å². The van der Waals surface area contributed by atoms with Gasteiger partial charge in [0.25, 0.3) is 0 Å². The van der Waals surface area contributed by atoms with Crippen LogP contribution in [0.3, 0.4) is 0 Å². The van der Waals surface area contributed by atoms with Crippen LogP contribution in [0.4, 0.5) is 0 Å². The van der Waals surface area contributed by atoms with Gasteiger partial charge in [-0.1, -0.05) is 12.5 Å². The molecule has 2 aliphatic carbocycles. The number of aryl methyl sites for hydroxylation is 2. The molecule has 3 rings (SSSR count). The number of nitrogens with zero attached hydrogens (tertiary/aromatic N) is 1. The van der Waals surface area contributed by atoms with E-state index in [1.807, 2.05) is 6.20 Å². The van der Waals surface area contributed by atoms with Crippen molar-refractivity contribution in [3.63, 3.8) is 0 Å². The zero-order valence-electron chi connectivity index (χ0n) is 11.5. The lowest BCUT2D eigenvalue weighted by Gasteiger charge is -2.25. The molecular weight excluding hydrogens is 220 g/mol. The molecule has 0 aliphatic heterocycles. The van der Waals surface area contributed by atoms with E-state index in [-0.39, 0.29) is 6.04 Å². The highest BCUT2D eigenvalue weighted by atomic mass is 14.8. The van der Waals surface area contributed by atoms with E-state index >= 15 is 0 Å². The van der Waals surface area contributed by atoms with Crippen molar-refractivity contribution in [2.24, 2.45) is 23.5 Å². The number of aromatic nitrogens is 1. The molecule has 2 nitrogen and oxygen atoms in total. The summed E-state index contributed by atoms with van der Waals surface area (Å²) in [5.41, 5.74) is 9.99. The molecule has 4 unspecified atom stereocenters. The third-order valence-corrected chi connectivity index (χ3v) is 5.05. The lowest BCUT2D eigenvalue weighted by atomic mass is 9.83. The predicted molar refractivity (Wildman–Crippen MR) is 74.2 cm³/mol. The summed E-state index contributed by atoms with van der Waals surface area (Å²) in [6.07, 6.45) is 8.89. The second-order valence-electron chi connectivity index (χ2n) is 6.49. The van der Waals surface area contributed by atoms with Gasteiger partial charge in [-0.05, 0) is 68.4 Å². The summed E-state index contributed by atoms with van der Waals surface area (Å²) in [6, 6.07) is 2.33. The lowest BCUT2D eigenvalue weighted by Crippen LogP contribution is -2.21. The molecule has 2 saturated carbocycles. The summed E-state index contributed by atoms with van der Waals surface area (Å²) >= 11 is 0. The maximum Gasteiger partial charge on any atom is 0.0600 e. The van der Waals surface area contributed by atoms with Crippen LogP contribution in [-0.2, 0) is 0 Å². The summed E-state index contributed by atoms with van der Waals surface area (Å²) in [5.74, 6) is 2.84. The predicted octanol–water partition coefficient (Wildman–Crippen LogP) is 3.52. The molecule has 4 atom stereocenters. The third kappa shape index (κ3) is 2.18. The van der Waals surface area contributed by atoms with Crippen LogP contribution in [0, 0.1) is 31.6 Å². The van der Waals surface area contributed by atoms with Crippen molar-refractivity contribution in [2.45, 2.75) is 52.0 Å². The Morgan fingerprint density at radius 1 is 1.33 bits per heavy atom.